The number of ether oxygens (including phenoxy) is 10. The van der Waals surface area contributed by atoms with Crippen molar-refractivity contribution in [3.63, 3.8) is 0 Å². The molecule has 1 atom stereocenters. The summed E-state index contributed by atoms with van der Waals surface area (Å²) in [5, 5.41) is 0. The lowest BCUT2D eigenvalue weighted by Gasteiger charge is -2.22. The molecule has 0 saturated carbocycles. The quantitative estimate of drug-likeness (QED) is 0.0464. The maximum absolute atomic E-state index is 11.9. The molecule has 50 heavy (non-hydrogen) atoms. The van der Waals surface area contributed by atoms with Gasteiger partial charge in [0.1, 0.15) is 6.61 Å². The van der Waals surface area contributed by atoms with Crippen LogP contribution in [0.3, 0.4) is 0 Å². The van der Waals surface area contributed by atoms with Crippen molar-refractivity contribution >= 4 is 5.97 Å². The van der Waals surface area contributed by atoms with Gasteiger partial charge in [-0.05, 0) is 25.7 Å². The summed E-state index contributed by atoms with van der Waals surface area (Å²) >= 11 is 0. The maximum Gasteiger partial charge on any atom is 0.305 e. The Morgan fingerprint density at radius 2 is 0.820 bits per heavy atom. The summed E-state index contributed by atoms with van der Waals surface area (Å²) in [7, 11) is 0. The summed E-state index contributed by atoms with van der Waals surface area (Å²) in [4.78, 5) is 11.9. The van der Waals surface area contributed by atoms with E-state index in [-0.39, 0.29) is 12.3 Å². The molecule has 0 aromatic rings. The van der Waals surface area contributed by atoms with E-state index in [4.69, 9.17) is 47.4 Å². The van der Waals surface area contributed by atoms with Crippen LogP contribution in [0.1, 0.15) is 129 Å². The maximum atomic E-state index is 11.9. The van der Waals surface area contributed by atoms with Crippen molar-refractivity contribution in [2.75, 3.05) is 112 Å². The van der Waals surface area contributed by atoms with Gasteiger partial charge in [-0.3, -0.25) is 4.79 Å². The highest BCUT2D eigenvalue weighted by Gasteiger charge is 2.13. The Morgan fingerprint density at radius 1 is 0.460 bits per heavy atom. The van der Waals surface area contributed by atoms with Gasteiger partial charge in [0.25, 0.3) is 0 Å². The molecule has 11 nitrogen and oxygen atoms in total. The Bertz CT molecular complexity index is 664. The SMILES string of the molecule is CCCCCCCCCCCCCCCCCC(=O)OCCOCCOCCOCCOCCOCCOCCOCCOC1CCCCO1. The van der Waals surface area contributed by atoms with Gasteiger partial charge < -0.3 is 47.4 Å². The lowest BCUT2D eigenvalue weighted by molar-refractivity contribution is -0.169. The van der Waals surface area contributed by atoms with Crippen molar-refractivity contribution < 1.29 is 52.2 Å². The third kappa shape index (κ3) is 36.9. The average Bonchev–Trinajstić information content (AvgIpc) is 3.13. The van der Waals surface area contributed by atoms with E-state index < -0.39 is 0 Å². The molecule has 1 heterocycles. The largest absolute Gasteiger partial charge is 0.463 e. The Kier molecular flexibility index (Phi) is 38.5. The fraction of sp³-hybridized carbons (Fsp3) is 0.974. The summed E-state index contributed by atoms with van der Waals surface area (Å²) in [6.45, 7) is 10.9. The number of rotatable bonds is 41. The van der Waals surface area contributed by atoms with Gasteiger partial charge in [0.2, 0.25) is 0 Å². The zero-order chi connectivity index (χ0) is 35.7. The number of hydrogen-bond acceptors (Lipinski definition) is 11. The molecule has 11 heteroatoms. The molecule has 1 aliphatic heterocycles. The van der Waals surface area contributed by atoms with E-state index in [9.17, 15) is 4.79 Å². The predicted molar refractivity (Wildman–Crippen MR) is 196 cm³/mol. The third-order valence-corrected chi connectivity index (χ3v) is 8.38. The Hall–Kier alpha value is -0.890. The summed E-state index contributed by atoms with van der Waals surface area (Å²) in [5.74, 6) is -0.126. The zero-order valence-electron chi connectivity index (χ0n) is 32.0. The van der Waals surface area contributed by atoms with E-state index in [1.807, 2.05) is 0 Å². The predicted octanol–water partition coefficient (Wildman–Crippen LogP) is 7.45. The molecule has 1 saturated heterocycles. The molecule has 0 bridgehead atoms. The van der Waals surface area contributed by atoms with Gasteiger partial charge in [0, 0.05) is 13.0 Å². The second-order valence-electron chi connectivity index (χ2n) is 12.9. The Morgan fingerprint density at radius 3 is 1.20 bits per heavy atom. The molecule has 1 rings (SSSR count). The monoisotopic (exact) mass is 721 g/mol. The molecule has 0 spiro atoms. The van der Waals surface area contributed by atoms with E-state index in [2.05, 4.69) is 6.92 Å². The number of hydrogen-bond donors (Lipinski definition) is 0. The summed E-state index contributed by atoms with van der Waals surface area (Å²) in [6, 6.07) is 0. The van der Waals surface area contributed by atoms with E-state index in [1.165, 1.54) is 89.9 Å². The Balaban J connectivity index is 1.64. The highest BCUT2D eigenvalue weighted by molar-refractivity contribution is 5.69. The van der Waals surface area contributed by atoms with Crippen molar-refractivity contribution in [1.82, 2.24) is 0 Å². The smallest absolute Gasteiger partial charge is 0.305 e. The molecule has 1 unspecified atom stereocenters. The average molecular weight is 721 g/mol. The van der Waals surface area contributed by atoms with Crippen molar-refractivity contribution in [3.05, 3.63) is 0 Å². The first kappa shape index (κ1) is 47.1. The van der Waals surface area contributed by atoms with Crippen molar-refractivity contribution in [2.45, 2.75) is 135 Å². The third-order valence-electron chi connectivity index (χ3n) is 8.38. The van der Waals surface area contributed by atoms with Crippen LogP contribution in [0.2, 0.25) is 0 Å². The second-order valence-corrected chi connectivity index (χ2v) is 12.9. The molecule has 0 aliphatic carbocycles. The fourth-order valence-corrected chi connectivity index (χ4v) is 5.43. The summed E-state index contributed by atoms with van der Waals surface area (Å²) in [6.07, 6.45) is 23.5. The fourth-order valence-electron chi connectivity index (χ4n) is 5.43. The topological polar surface area (TPSA) is 109 Å². The number of carbonyl (C=O) groups excluding carboxylic acids is 1. The highest BCUT2D eigenvalue weighted by Crippen LogP contribution is 2.14. The first-order valence-corrected chi connectivity index (χ1v) is 20.3. The van der Waals surface area contributed by atoms with Crippen LogP contribution in [0.4, 0.5) is 0 Å². The van der Waals surface area contributed by atoms with E-state index >= 15 is 0 Å². The minimum absolute atomic E-state index is 0.0656. The van der Waals surface area contributed by atoms with Gasteiger partial charge in [-0.25, -0.2) is 0 Å². The van der Waals surface area contributed by atoms with Crippen LogP contribution in [0.25, 0.3) is 0 Å². The van der Waals surface area contributed by atoms with E-state index in [0.717, 1.165) is 32.3 Å². The molecule has 1 aliphatic rings. The van der Waals surface area contributed by atoms with Gasteiger partial charge in [0.05, 0.1) is 99.1 Å². The van der Waals surface area contributed by atoms with Crippen LogP contribution in [-0.4, -0.2) is 125 Å². The molecule has 0 aromatic heterocycles. The van der Waals surface area contributed by atoms with Crippen molar-refractivity contribution in [3.8, 4) is 0 Å². The van der Waals surface area contributed by atoms with Crippen molar-refractivity contribution in [1.29, 1.82) is 0 Å². The number of unbranched alkanes of at least 4 members (excludes halogenated alkanes) is 14. The summed E-state index contributed by atoms with van der Waals surface area (Å²) < 4.78 is 54.8. The zero-order valence-corrected chi connectivity index (χ0v) is 32.0. The first-order chi connectivity index (χ1) is 24.8. The van der Waals surface area contributed by atoms with Gasteiger partial charge in [0.15, 0.2) is 6.29 Å². The first-order valence-electron chi connectivity index (χ1n) is 20.3. The number of carbonyl (C=O) groups is 1. The highest BCUT2D eigenvalue weighted by atomic mass is 16.7. The second kappa shape index (κ2) is 40.9. The van der Waals surface area contributed by atoms with Gasteiger partial charge >= 0.3 is 5.97 Å². The lowest BCUT2D eigenvalue weighted by atomic mass is 10.0. The standard InChI is InChI=1S/C39H76O11/c1-2-3-4-5-6-7-8-9-10-11-12-13-14-15-16-19-38(40)48-36-34-46-32-30-44-28-26-42-24-22-41-23-25-43-27-29-45-31-33-47-35-37-50-39-20-17-18-21-49-39/h39H,2-37H2,1H3. The minimum atomic E-state index is -0.126. The summed E-state index contributed by atoms with van der Waals surface area (Å²) in [5.41, 5.74) is 0. The van der Waals surface area contributed by atoms with Crippen LogP contribution < -0.4 is 0 Å². The molecular formula is C39H76O11. The minimum Gasteiger partial charge on any atom is -0.463 e. The molecular weight excluding hydrogens is 644 g/mol. The Labute approximate surface area is 305 Å². The van der Waals surface area contributed by atoms with Crippen LogP contribution in [0, 0.1) is 0 Å². The van der Waals surface area contributed by atoms with E-state index in [1.54, 1.807) is 0 Å². The van der Waals surface area contributed by atoms with Crippen LogP contribution in [0.15, 0.2) is 0 Å². The van der Waals surface area contributed by atoms with E-state index in [0.29, 0.717) is 112 Å². The van der Waals surface area contributed by atoms with Gasteiger partial charge in [-0.15, -0.1) is 0 Å². The number of esters is 1. The van der Waals surface area contributed by atoms with Gasteiger partial charge in [-0.1, -0.05) is 96.8 Å². The molecule has 0 N–H and O–H groups in total. The van der Waals surface area contributed by atoms with Crippen LogP contribution in [0.5, 0.6) is 0 Å². The normalized spacial score (nSPS) is 14.8. The van der Waals surface area contributed by atoms with Crippen LogP contribution in [-0.2, 0) is 52.2 Å². The molecule has 0 radical (unpaired) electrons. The van der Waals surface area contributed by atoms with Crippen molar-refractivity contribution in [2.24, 2.45) is 0 Å². The molecule has 298 valence electrons. The van der Waals surface area contributed by atoms with Gasteiger partial charge in [-0.2, -0.15) is 0 Å². The molecule has 0 aromatic carbocycles. The molecule has 1 fully saturated rings. The molecule has 0 amide bonds. The van der Waals surface area contributed by atoms with Crippen LogP contribution >= 0.6 is 0 Å². The lowest BCUT2D eigenvalue weighted by Crippen LogP contribution is -2.24.